The van der Waals surface area contributed by atoms with Crippen molar-refractivity contribution in [3.63, 3.8) is 0 Å². The summed E-state index contributed by atoms with van der Waals surface area (Å²) in [6, 6.07) is 1.65. The maximum absolute atomic E-state index is 11.0. The number of aromatic hydroxyl groups is 1. The Morgan fingerprint density at radius 2 is 2.05 bits per heavy atom. The molecule has 104 valence electrons. The molecule has 4 nitrogen and oxygen atoms in total. The third-order valence-corrected chi connectivity index (χ3v) is 2.86. The number of phenols is 1. The first-order valence-corrected chi connectivity index (χ1v) is 6.33. The molecule has 0 heterocycles. The number of hydrogen-bond acceptors (Lipinski definition) is 3. The van der Waals surface area contributed by atoms with E-state index in [1.165, 1.54) is 0 Å². The highest BCUT2D eigenvalue weighted by Gasteiger charge is 2.18. The Hall–Kier alpha value is -1.97. The predicted molar refractivity (Wildman–Crippen MR) is 74.1 cm³/mol. The quantitative estimate of drug-likeness (QED) is 0.610. The van der Waals surface area contributed by atoms with E-state index in [9.17, 15) is 9.90 Å². The molecule has 1 aromatic carbocycles. The number of ether oxygens (including phenoxy) is 1. The molecule has 0 saturated heterocycles. The molecule has 0 spiro atoms. The van der Waals surface area contributed by atoms with Gasteiger partial charge in [0.15, 0.2) is 0 Å². The molecule has 0 aromatic heterocycles. The zero-order valence-electron chi connectivity index (χ0n) is 11.6. The highest BCUT2D eigenvalue weighted by Crippen LogP contribution is 2.33. The fourth-order valence-corrected chi connectivity index (χ4v) is 1.81. The average Bonchev–Trinajstić information content (AvgIpc) is 2.34. The zero-order valence-corrected chi connectivity index (χ0v) is 11.6. The van der Waals surface area contributed by atoms with Crippen LogP contribution in [0.3, 0.4) is 0 Å². The molecule has 0 amide bonds. The van der Waals surface area contributed by atoms with Crippen molar-refractivity contribution in [2.45, 2.75) is 33.6 Å². The van der Waals surface area contributed by atoms with Crippen LogP contribution in [0.25, 0.3) is 0 Å². The van der Waals surface area contributed by atoms with Crippen LogP contribution in [0.15, 0.2) is 18.2 Å². The largest absolute Gasteiger partial charge is 0.507 e. The van der Waals surface area contributed by atoms with Crippen LogP contribution in [0.1, 0.15) is 41.3 Å². The minimum Gasteiger partial charge on any atom is -0.507 e. The van der Waals surface area contributed by atoms with Gasteiger partial charge in [0.2, 0.25) is 0 Å². The SMILES string of the molecule is CC/C=C\CCOc1cc(C)c(C(=O)O)c(O)c1C. The summed E-state index contributed by atoms with van der Waals surface area (Å²) in [7, 11) is 0. The molecule has 0 aliphatic carbocycles. The number of aryl methyl sites for hydroxylation is 1. The van der Waals surface area contributed by atoms with Crippen LogP contribution in [0.4, 0.5) is 0 Å². The van der Waals surface area contributed by atoms with E-state index in [2.05, 4.69) is 13.0 Å². The number of benzene rings is 1. The Bertz CT molecular complexity index is 489. The fourth-order valence-electron chi connectivity index (χ4n) is 1.81. The van der Waals surface area contributed by atoms with Gasteiger partial charge in [-0.1, -0.05) is 19.1 Å². The zero-order chi connectivity index (χ0) is 14.4. The smallest absolute Gasteiger partial charge is 0.339 e. The minimum absolute atomic E-state index is 0.0595. The Balaban J connectivity index is 2.86. The van der Waals surface area contributed by atoms with Gasteiger partial charge in [0.1, 0.15) is 17.1 Å². The second-order valence-electron chi connectivity index (χ2n) is 4.36. The molecule has 0 aliphatic heterocycles. The van der Waals surface area contributed by atoms with Crippen molar-refractivity contribution in [2.75, 3.05) is 6.61 Å². The van der Waals surface area contributed by atoms with E-state index in [0.29, 0.717) is 23.5 Å². The Morgan fingerprint density at radius 3 is 2.63 bits per heavy atom. The lowest BCUT2D eigenvalue weighted by Crippen LogP contribution is -2.04. The molecular weight excluding hydrogens is 244 g/mol. The van der Waals surface area contributed by atoms with E-state index in [1.807, 2.05) is 6.08 Å². The molecule has 0 unspecified atom stereocenters. The lowest BCUT2D eigenvalue weighted by Gasteiger charge is -2.13. The fraction of sp³-hybridized carbons (Fsp3) is 0.400. The molecule has 4 heteroatoms. The van der Waals surface area contributed by atoms with Crippen molar-refractivity contribution in [2.24, 2.45) is 0 Å². The van der Waals surface area contributed by atoms with Crippen molar-refractivity contribution in [3.05, 3.63) is 34.9 Å². The lowest BCUT2D eigenvalue weighted by atomic mass is 10.0. The molecule has 0 fully saturated rings. The van der Waals surface area contributed by atoms with Crippen LogP contribution >= 0.6 is 0 Å². The van der Waals surface area contributed by atoms with E-state index < -0.39 is 5.97 Å². The summed E-state index contributed by atoms with van der Waals surface area (Å²) in [6.07, 6.45) is 5.88. The molecule has 0 atom stereocenters. The summed E-state index contributed by atoms with van der Waals surface area (Å²) >= 11 is 0. The summed E-state index contributed by atoms with van der Waals surface area (Å²) in [5.74, 6) is -0.813. The molecule has 2 N–H and O–H groups in total. The van der Waals surface area contributed by atoms with Crippen molar-refractivity contribution in [1.82, 2.24) is 0 Å². The summed E-state index contributed by atoms with van der Waals surface area (Å²) in [6.45, 7) is 5.86. The molecule has 1 aromatic rings. The third kappa shape index (κ3) is 3.74. The Kier molecular flexibility index (Phi) is 5.42. The van der Waals surface area contributed by atoms with Crippen LogP contribution in [-0.2, 0) is 0 Å². The number of allylic oxidation sites excluding steroid dienone is 1. The van der Waals surface area contributed by atoms with Crippen molar-refractivity contribution >= 4 is 5.97 Å². The minimum atomic E-state index is -1.13. The summed E-state index contributed by atoms with van der Waals surface area (Å²) in [4.78, 5) is 11.0. The van der Waals surface area contributed by atoms with Gasteiger partial charge in [0, 0.05) is 5.56 Å². The first kappa shape index (κ1) is 15.1. The number of rotatable bonds is 6. The molecule has 0 bridgehead atoms. The van der Waals surface area contributed by atoms with Crippen molar-refractivity contribution in [3.8, 4) is 11.5 Å². The van der Waals surface area contributed by atoms with Gasteiger partial charge < -0.3 is 14.9 Å². The number of carboxylic acid groups (broad SMARTS) is 1. The van der Waals surface area contributed by atoms with Crippen molar-refractivity contribution < 1.29 is 19.7 Å². The van der Waals surface area contributed by atoms with Gasteiger partial charge >= 0.3 is 5.97 Å². The predicted octanol–water partition coefficient (Wildman–Crippen LogP) is 3.44. The standard InChI is InChI=1S/C15H20O4/c1-4-5-6-7-8-19-12-9-10(2)13(15(17)18)14(16)11(12)3/h5-6,9,16H,4,7-8H2,1-3H3,(H,17,18)/b6-5-. The van der Waals surface area contributed by atoms with Crippen LogP contribution in [-0.4, -0.2) is 22.8 Å². The highest BCUT2D eigenvalue weighted by molar-refractivity contribution is 5.93. The van der Waals surface area contributed by atoms with Crippen LogP contribution in [0.5, 0.6) is 11.5 Å². The third-order valence-electron chi connectivity index (χ3n) is 2.86. The molecule has 19 heavy (non-hydrogen) atoms. The van der Waals surface area contributed by atoms with Gasteiger partial charge in [0.05, 0.1) is 6.61 Å². The van der Waals surface area contributed by atoms with E-state index in [-0.39, 0.29) is 11.3 Å². The Morgan fingerprint density at radius 1 is 1.37 bits per heavy atom. The topological polar surface area (TPSA) is 66.8 Å². The molecular formula is C15H20O4. The lowest BCUT2D eigenvalue weighted by molar-refractivity contribution is 0.0692. The summed E-state index contributed by atoms with van der Waals surface area (Å²) in [5.41, 5.74) is 0.896. The van der Waals surface area contributed by atoms with Gasteiger partial charge in [-0.3, -0.25) is 0 Å². The summed E-state index contributed by atoms with van der Waals surface area (Å²) in [5, 5.41) is 18.9. The van der Waals surface area contributed by atoms with E-state index in [1.54, 1.807) is 19.9 Å². The monoisotopic (exact) mass is 264 g/mol. The number of carboxylic acids is 1. The molecule has 0 radical (unpaired) electrons. The highest BCUT2D eigenvalue weighted by atomic mass is 16.5. The Labute approximate surface area is 113 Å². The van der Waals surface area contributed by atoms with Crippen LogP contribution in [0, 0.1) is 13.8 Å². The first-order valence-electron chi connectivity index (χ1n) is 6.33. The van der Waals surface area contributed by atoms with Crippen LogP contribution < -0.4 is 4.74 Å². The first-order chi connectivity index (χ1) is 8.99. The number of hydrogen-bond donors (Lipinski definition) is 2. The number of carbonyl (C=O) groups is 1. The van der Waals surface area contributed by atoms with Gasteiger partial charge in [-0.2, -0.15) is 0 Å². The van der Waals surface area contributed by atoms with Gasteiger partial charge in [0.25, 0.3) is 0 Å². The van der Waals surface area contributed by atoms with Gasteiger partial charge in [-0.25, -0.2) is 4.79 Å². The summed E-state index contributed by atoms with van der Waals surface area (Å²) < 4.78 is 5.58. The van der Waals surface area contributed by atoms with Gasteiger partial charge in [-0.15, -0.1) is 0 Å². The molecule has 0 saturated carbocycles. The van der Waals surface area contributed by atoms with Crippen LogP contribution in [0.2, 0.25) is 0 Å². The molecule has 0 aliphatic rings. The number of aromatic carboxylic acids is 1. The van der Waals surface area contributed by atoms with Gasteiger partial charge in [-0.05, 0) is 38.3 Å². The molecule has 1 rings (SSSR count). The second-order valence-corrected chi connectivity index (χ2v) is 4.36. The second kappa shape index (κ2) is 6.83. The van der Waals surface area contributed by atoms with Crippen molar-refractivity contribution in [1.29, 1.82) is 0 Å². The normalized spacial score (nSPS) is 10.9. The maximum Gasteiger partial charge on any atom is 0.339 e. The van der Waals surface area contributed by atoms with E-state index >= 15 is 0 Å². The average molecular weight is 264 g/mol. The maximum atomic E-state index is 11.0. The van der Waals surface area contributed by atoms with E-state index in [0.717, 1.165) is 12.8 Å². The van der Waals surface area contributed by atoms with E-state index in [4.69, 9.17) is 9.84 Å².